The van der Waals surface area contributed by atoms with Gasteiger partial charge in [0.2, 0.25) is 0 Å². The molecule has 1 atom stereocenters. The number of nitrogens with zero attached hydrogens (tertiary/aromatic N) is 3. The number of nitrogens with one attached hydrogen (secondary N) is 1. The van der Waals surface area contributed by atoms with Gasteiger partial charge in [-0.05, 0) is 76.3 Å². The Balaban J connectivity index is 1.61. The Labute approximate surface area is 194 Å². The van der Waals surface area contributed by atoms with Gasteiger partial charge in [-0.25, -0.2) is 14.8 Å². The smallest absolute Gasteiger partial charge is 0.407 e. The van der Waals surface area contributed by atoms with Crippen LogP contribution in [0, 0.1) is 12.8 Å². The van der Waals surface area contributed by atoms with Crippen molar-refractivity contribution in [3.05, 3.63) is 48.0 Å². The number of para-hydroxylation sites is 1. The number of rotatable bonds is 4. The third kappa shape index (κ3) is 5.53. The number of alkyl carbamates (subject to hydrolysis) is 1. The molecule has 174 valence electrons. The topological polar surface area (TPSA) is 87.6 Å². The van der Waals surface area contributed by atoms with Crippen molar-refractivity contribution in [3.8, 4) is 17.1 Å². The van der Waals surface area contributed by atoms with Gasteiger partial charge in [-0.1, -0.05) is 18.2 Å². The molecule has 1 saturated heterocycles. The molecule has 0 saturated carbocycles. The lowest BCUT2D eigenvalue weighted by atomic mass is 9.97. The summed E-state index contributed by atoms with van der Waals surface area (Å²) in [6.07, 6.45) is 1.65. The highest BCUT2D eigenvalue weighted by Crippen LogP contribution is 2.33. The number of amides is 1. The number of anilines is 1. The number of hydrogen-bond donors (Lipinski definition) is 2. The Morgan fingerprint density at radius 3 is 2.76 bits per heavy atom. The molecule has 1 amide bonds. The number of hydrogen-bond acceptors (Lipinski definition) is 6. The molecule has 2 N–H and O–H groups in total. The standard InChI is InChI=1S/C26H32N4O3/c1-17-11-12-19-21(14-17)28-23(20-9-5-6-10-22(20)31)29-24(19)30-13-7-8-18(16-30)15-27-25(32)33-26(2,3)4/h5-6,9-12,14,18,31H,7-8,13,15-16H2,1-4H3,(H,27,32)/t18-/m0/s1. The SMILES string of the molecule is Cc1ccc2c(N3CCC[C@@H](CNC(=O)OC(C)(C)C)C3)nc(-c3ccccc3O)nc2c1. The summed E-state index contributed by atoms with van der Waals surface area (Å²) in [7, 11) is 0. The molecular weight excluding hydrogens is 416 g/mol. The van der Waals surface area contributed by atoms with Crippen molar-refractivity contribution in [1.29, 1.82) is 0 Å². The van der Waals surface area contributed by atoms with Crippen LogP contribution in [-0.2, 0) is 4.74 Å². The largest absolute Gasteiger partial charge is 0.507 e. The number of phenols is 1. The van der Waals surface area contributed by atoms with E-state index in [2.05, 4.69) is 28.4 Å². The van der Waals surface area contributed by atoms with Crippen molar-refractivity contribution in [2.24, 2.45) is 5.92 Å². The number of phenolic OH excluding ortho intramolecular Hbond substituents is 1. The molecule has 1 aliphatic heterocycles. The number of piperidine rings is 1. The summed E-state index contributed by atoms with van der Waals surface area (Å²) in [5, 5.41) is 14.3. The molecule has 33 heavy (non-hydrogen) atoms. The zero-order valence-corrected chi connectivity index (χ0v) is 19.8. The first-order chi connectivity index (χ1) is 15.7. The molecule has 1 aliphatic rings. The molecule has 3 aromatic rings. The van der Waals surface area contributed by atoms with Crippen molar-refractivity contribution < 1.29 is 14.6 Å². The van der Waals surface area contributed by atoms with E-state index in [-0.39, 0.29) is 17.8 Å². The highest BCUT2D eigenvalue weighted by atomic mass is 16.6. The molecule has 2 aromatic carbocycles. The van der Waals surface area contributed by atoms with Crippen molar-refractivity contribution in [2.75, 3.05) is 24.5 Å². The summed E-state index contributed by atoms with van der Waals surface area (Å²) >= 11 is 0. The second kappa shape index (κ2) is 9.25. The second-order valence-electron chi connectivity index (χ2n) is 9.75. The van der Waals surface area contributed by atoms with E-state index in [4.69, 9.17) is 14.7 Å². The molecule has 0 radical (unpaired) electrons. The minimum Gasteiger partial charge on any atom is -0.507 e. The number of ether oxygens (including phenoxy) is 1. The number of carbonyl (C=O) groups excluding carboxylic acids is 1. The second-order valence-corrected chi connectivity index (χ2v) is 9.75. The molecule has 7 nitrogen and oxygen atoms in total. The van der Waals surface area contributed by atoms with Crippen molar-refractivity contribution in [2.45, 2.75) is 46.1 Å². The molecule has 0 unspecified atom stereocenters. The van der Waals surface area contributed by atoms with Crippen molar-refractivity contribution in [1.82, 2.24) is 15.3 Å². The molecule has 1 fully saturated rings. The van der Waals surface area contributed by atoms with Crippen LogP contribution in [0.4, 0.5) is 10.6 Å². The van der Waals surface area contributed by atoms with Crippen LogP contribution < -0.4 is 10.2 Å². The third-order valence-electron chi connectivity index (χ3n) is 5.73. The van der Waals surface area contributed by atoms with Crippen molar-refractivity contribution in [3.63, 3.8) is 0 Å². The fourth-order valence-corrected chi connectivity index (χ4v) is 4.21. The lowest BCUT2D eigenvalue weighted by Gasteiger charge is -2.34. The van der Waals surface area contributed by atoms with E-state index in [1.165, 1.54) is 0 Å². The van der Waals surface area contributed by atoms with Crippen LogP contribution >= 0.6 is 0 Å². The summed E-state index contributed by atoms with van der Waals surface area (Å²) in [6, 6.07) is 13.3. The van der Waals surface area contributed by atoms with Crippen LogP contribution in [0.15, 0.2) is 42.5 Å². The number of carbonyl (C=O) groups is 1. The summed E-state index contributed by atoms with van der Waals surface area (Å²) in [6.45, 7) is 9.83. The summed E-state index contributed by atoms with van der Waals surface area (Å²) in [5.74, 6) is 1.82. The Morgan fingerprint density at radius 2 is 2.00 bits per heavy atom. The maximum absolute atomic E-state index is 12.1. The zero-order valence-electron chi connectivity index (χ0n) is 19.8. The minimum atomic E-state index is -0.514. The Morgan fingerprint density at radius 1 is 1.21 bits per heavy atom. The number of fused-ring (bicyclic) bond motifs is 1. The van der Waals surface area contributed by atoms with Crippen LogP contribution in [-0.4, -0.2) is 46.4 Å². The minimum absolute atomic E-state index is 0.161. The van der Waals surface area contributed by atoms with Crippen LogP contribution in [0.25, 0.3) is 22.3 Å². The zero-order chi connectivity index (χ0) is 23.6. The van der Waals surface area contributed by atoms with Gasteiger partial charge < -0.3 is 20.1 Å². The first kappa shape index (κ1) is 22.8. The van der Waals surface area contributed by atoms with Gasteiger partial charge in [-0.3, -0.25) is 0 Å². The number of aromatic hydroxyl groups is 1. The third-order valence-corrected chi connectivity index (χ3v) is 5.73. The van der Waals surface area contributed by atoms with Gasteiger partial charge in [0.25, 0.3) is 0 Å². The van der Waals surface area contributed by atoms with E-state index in [9.17, 15) is 9.90 Å². The highest BCUT2D eigenvalue weighted by Gasteiger charge is 2.25. The van der Waals surface area contributed by atoms with E-state index in [1.54, 1.807) is 12.1 Å². The first-order valence-electron chi connectivity index (χ1n) is 11.5. The average Bonchev–Trinajstić information content (AvgIpc) is 2.76. The van der Waals surface area contributed by atoms with Gasteiger partial charge in [-0.2, -0.15) is 0 Å². The van der Waals surface area contributed by atoms with E-state index in [0.717, 1.165) is 48.2 Å². The number of aryl methyl sites for hydroxylation is 1. The fraction of sp³-hybridized carbons (Fsp3) is 0.423. The Kier molecular flexibility index (Phi) is 6.40. The molecule has 0 bridgehead atoms. The normalized spacial score (nSPS) is 16.6. The van der Waals surface area contributed by atoms with Crippen LogP contribution in [0.3, 0.4) is 0 Å². The van der Waals surface area contributed by atoms with Gasteiger partial charge in [0, 0.05) is 25.0 Å². The van der Waals surface area contributed by atoms with E-state index >= 15 is 0 Å². The number of aromatic nitrogens is 2. The van der Waals surface area contributed by atoms with E-state index in [0.29, 0.717) is 17.9 Å². The van der Waals surface area contributed by atoms with Gasteiger partial charge in [0.05, 0.1) is 11.1 Å². The summed E-state index contributed by atoms with van der Waals surface area (Å²) < 4.78 is 5.38. The average molecular weight is 449 g/mol. The maximum Gasteiger partial charge on any atom is 0.407 e. The lowest BCUT2D eigenvalue weighted by molar-refractivity contribution is 0.0517. The van der Waals surface area contributed by atoms with Crippen LogP contribution in [0.2, 0.25) is 0 Å². The molecule has 1 aromatic heterocycles. The monoisotopic (exact) mass is 448 g/mol. The summed E-state index contributed by atoms with van der Waals surface area (Å²) in [5.41, 5.74) is 2.07. The van der Waals surface area contributed by atoms with E-state index in [1.807, 2.05) is 39.8 Å². The van der Waals surface area contributed by atoms with Gasteiger partial charge in [-0.15, -0.1) is 0 Å². The molecule has 0 spiro atoms. The number of benzene rings is 2. The predicted octanol–water partition coefficient (Wildman–Crippen LogP) is 5.05. The molecule has 2 heterocycles. The van der Waals surface area contributed by atoms with Crippen molar-refractivity contribution >= 4 is 22.8 Å². The van der Waals surface area contributed by atoms with E-state index < -0.39 is 5.60 Å². The molecule has 7 heteroatoms. The molecular formula is C26H32N4O3. The highest BCUT2D eigenvalue weighted by molar-refractivity contribution is 5.92. The van der Waals surface area contributed by atoms with Crippen LogP contribution in [0.1, 0.15) is 39.2 Å². The molecule has 0 aliphatic carbocycles. The van der Waals surface area contributed by atoms with Gasteiger partial charge >= 0.3 is 6.09 Å². The fourth-order valence-electron chi connectivity index (χ4n) is 4.21. The van der Waals surface area contributed by atoms with Gasteiger partial charge in [0.1, 0.15) is 17.2 Å². The Hall–Kier alpha value is -3.35. The summed E-state index contributed by atoms with van der Waals surface area (Å²) in [4.78, 5) is 24.0. The predicted molar refractivity (Wildman–Crippen MR) is 131 cm³/mol. The maximum atomic E-state index is 12.1. The van der Waals surface area contributed by atoms with Gasteiger partial charge in [0.15, 0.2) is 5.82 Å². The van der Waals surface area contributed by atoms with Crippen LogP contribution in [0.5, 0.6) is 5.75 Å². The Bertz CT molecular complexity index is 1160. The lowest BCUT2D eigenvalue weighted by Crippen LogP contribution is -2.42. The molecule has 4 rings (SSSR count). The first-order valence-corrected chi connectivity index (χ1v) is 11.5. The quantitative estimate of drug-likeness (QED) is 0.581.